The van der Waals surface area contributed by atoms with Gasteiger partial charge in [0.25, 0.3) is 0 Å². The van der Waals surface area contributed by atoms with Gasteiger partial charge in [-0.25, -0.2) is 13.1 Å². The molecule has 1 aliphatic rings. The number of rotatable bonds is 5. The zero-order valence-corrected chi connectivity index (χ0v) is 13.7. The van der Waals surface area contributed by atoms with Gasteiger partial charge in [-0.1, -0.05) is 25.7 Å². The summed E-state index contributed by atoms with van der Waals surface area (Å²) in [5.41, 5.74) is -0.962. The molecule has 2 N–H and O–H groups in total. The van der Waals surface area contributed by atoms with Crippen LogP contribution in [0.2, 0.25) is 0 Å². The maximum atomic E-state index is 12.2. The zero-order valence-electron chi connectivity index (χ0n) is 12.1. The van der Waals surface area contributed by atoms with Crippen LogP contribution in [0.15, 0.2) is 16.3 Å². The fourth-order valence-corrected chi connectivity index (χ4v) is 5.19. The van der Waals surface area contributed by atoms with Crippen molar-refractivity contribution in [2.75, 3.05) is 6.54 Å². The Hall–Kier alpha value is -0.920. The average Bonchev–Trinajstić information content (AvgIpc) is 2.73. The lowest BCUT2D eigenvalue weighted by atomic mass is 9.80. The van der Waals surface area contributed by atoms with Crippen LogP contribution in [0, 0.1) is 12.3 Å². The van der Waals surface area contributed by atoms with Crippen molar-refractivity contribution in [1.29, 1.82) is 0 Å². The zero-order chi connectivity index (χ0) is 15.5. The minimum atomic E-state index is -3.62. The summed E-state index contributed by atoms with van der Waals surface area (Å²) in [5, 5.41) is 9.55. The van der Waals surface area contributed by atoms with E-state index in [4.69, 9.17) is 0 Å². The summed E-state index contributed by atoms with van der Waals surface area (Å²) in [6, 6.07) is 3.31. The van der Waals surface area contributed by atoms with Gasteiger partial charge in [0.05, 0.1) is 5.41 Å². The molecule has 0 unspecified atom stereocenters. The molecule has 7 heteroatoms. The third-order valence-electron chi connectivity index (χ3n) is 4.10. The lowest BCUT2D eigenvalue weighted by Gasteiger charge is -2.27. The van der Waals surface area contributed by atoms with Crippen molar-refractivity contribution in [3.8, 4) is 0 Å². The smallest absolute Gasteiger partial charge is 0.310 e. The largest absolute Gasteiger partial charge is 0.481 e. The predicted octanol–water partition coefficient (Wildman–Crippen LogP) is 2.76. The van der Waals surface area contributed by atoms with Crippen LogP contribution in [0.5, 0.6) is 0 Å². The van der Waals surface area contributed by atoms with Crippen molar-refractivity contribution in [3.05, 3.63) is 17.0 Å². The van der Waals surface area contributed by atoms with Gasteiger partial charge in [0.1, 0.15) is 4.21 Å². The van der Waals surface area contributed by atoms with Crippen molar-refractivity contribution in [3.63, 3.8) is 0 Å². The minimum Gasteiger partial charge on any atom is -0.481 e. The molecule has 0 aromatic carbocycles. The van der Waals surface area contributed by atoms with E-state index in [0.29, 0.717) is 12.8 Å². The van der Waals surface area contributed by atoms with Crippen LogP contribution in [0.25, 0.3) is 0 Å². The van der Waals surface area contributed by atoms with Crippen molar-refractivity contribution in [1.82, 2.24) is 4.72 Å². The van der Waals surface area contributed by atoms with E-state index in [0.717, 1.165) is 30.6 Å². The van der Waals surface area contributed by atoms with Gasteiger partial charge in [-0.15, -0.1) is 11.3 Å². The quantitative estimate of drug-likeness (QED) is 0.813. The lowest BCUT2D eigenvalue weighted by molar-refractivity contribution is -0.149. The summed E-state index contributed by atoms with van der Waals surface area (Å²) in [4.78, 5) is 12.6. The number of hydrogen-bond acceptors (Lipinski definition) is 4. The first-order chi connectivity index (χ1) is 9.86. The Morgan fingerprint density at radius 1 is 1.29 bits per heavy atom. The first-order valence-corrected chi connectivity index (χ1v) is 9.45. The molecule has 0 aliphatic heterocycles. The second-order valence-corrected chi connectivity index (χ2v) is 8.97. The number of aryl methyl sites for hydroxylation is 1. The molecule has 0 spiro atoms. The molecule has 0 amide bonds. The van der Waals surface area contributed by atoms with Gasteiger partial charge in [-0.05, 0) is 31.9 Å². The Kier molecular flexibility index (Phi) is 5.06. The second kappa shape index (κ2) is 6.46. The molecule has 0 atom stereocenters. The van der Waals surface area contributed by atoms with Gasteiger partial charge in [0.2, 0.25) is 10.0 Å². The molecule has 1 heterocycles. The van der Waals surface area contributed by atoms with Crippen LogP contribution in [0.4, 0.5) is 0 Å². The minimum absolute atomic E-state index is 0.0262. The molecular formula is C14H21NO4S2. The van der Waals surface area contributed by atoms with Gasteiger partial charge in [0.15, 0.2) is 0 Å². The highest BCUT2D eigenvalue weighted by atomic mass is 32.2. The molecule has 118 valence electrons. The highest BCUT2D eigenvalue weighted by Crippen LogP contribution is 2.35. The number of nitrogens with one attached hydrogen (secondary N) is 1. The first kappa shape index (κ1) is 16.5. The van der Waals surface area contributed by atoms with Crippen LogP contribution >= 0.6 is 11.3 Å². The van der Waals surface area contributed by atoms with Crippen molar-refractivity contribution >= 4 is 27.3 Å². The normalized spacial score (nSPS) is 19.1. The van der Waals surface area contributed by atoms with E-state index in [1.54, 1.807) is 12.1 Å². The summed E-state index contributed by atoms with van der Waals surface area (Å²) in [5.74, 6) is -0.894. The molecule has 1 fully saturated rings. The summed E-state index contributed by atoms with van der Waals surface area (Å²) >= 11 is 1.19. The fourth-order valence-electron chi connectivity index (χ4n) is 2.73. The predicted molar refractivity (Wildman–Crippen MR) is 82.0 cm³/mol. The molecule has 0 radical (unpaired) electrons. The average molecular weight is 331 g/mol. The van der Waals surface area contributed by atoms with Crippen LogP contribution in [-0.4, -0.2) is 26.0 Å². The maximum absolute atomic E-state index is 12.2. The monoisotopic (exact) mass is 331 g/mol. The molecule has 1 saturated carbocycles. The number of hydrogen-bond donors (Lipinski definition) is 2. The second-order valence-electron chi connectivity index (χ2n) is 5.69. The maximum Gasteiger partial charge on any atom is 0.310 e. The van der Waals surface area contributed by atoms with Gasteiger partial charge >= 0.3 is 5.97 Å². The Morgan fingerprint density at radius 3 is 2.38 bits per heavy atom. The number of sulfonamides is 1. The number of carboxylic acid groups (broad SMARTS) is 1. The van der Waals surface area contributed by atoms with Gasteiger partial charge in [0, 0.05) is 11.4 Å². The molecule has 2 rings (SSSR count). The molecule has 0 bridgehead atoms. The standard InChI is InChI=1S/C14H21NO4S2/c1-11-6-7-12(20-11)21(18,19)15-10-14(13(16)17)8-4-2-3-5-9-14/h6-7,15H,2-5,8-10H2,1H3,(H,16,17). The van der Waals surface area contributed by atoms with Crippen LogP contribution in [-0.2, 0) is 14.8 Å². The van der Waals surface area contributed by atoms with E-state index in [1.165, 1.54) is 11.3 Å². The third-order valence-corrected chi connectivity index (χ3v) is 6.99. The number of carbonyl (C=O) groups is 1. The van der Waals surface area contributed by atoms with Crippen LogP contribution < -0.4 is 4.72 Å². The Bertz CT molecular complexity index is 598. The van der Waals surface area contributed by atoms with Crippen molar-refractivity contribution < 1.29 is 18.3 Å². The van der Waals surface area contributed by atoms with E-state index in [9.17, 15) is 18.3 Å². The Labute approximate surface area is 129 Å². The molecule has 21 heavy (non-hydrogen) atoms. The number of carboxylic acids is 1. The van der Waals surface area contributed by atoms with Gasteiger partial charge in [-0.3, -0.25) is 4.79 Å². The first-order valence-electron chi connectivity index (χ1n) is 7.15. The highest BCUT2D eigenvalue weighted by molar-refractivity contribution is 7.91. The van der Waals surface area contributed by atoms with Crippen LogP contribution in [0.3, 0.4) is 0 Å². The summed E-state index contributed by atoms with van der Waals surface area (Å²) < 4.78 is 27.2. The third kappa shape index (κ3) is 3.84. The molecule has 1 aromatic heterocycles. The van der Waals surface area contributed by atoms with Gasteiger partial charge in [-0.2, -0.15) is 0 Å². The summed E-state index contributed by atoms with van der Waals surface area (Å²) in [7, 11) is -3.62. The lowest BCUT2D eigenvalue weighted by Crippen LogP contribution is -2.42. The topological polar surface area (TPSA) is 83.5 Å². The summed E-state index contributed by atoms with van der Waals surface area (Å²) in [6.07, 6.45) is 4.79. The Morgan fingerprint density at radius 2 is 1.90 bits per heavy atom. The molecule has 0 saturated heterocycles. The SMILES string of the molecule is Cc1ccc(S(=O)(=O)NCC2(C(=O)O)CCCCCC2)s1. The van der Waals surface area contributed by atoms with E-state index in [-0.39, 0.29) is 10.8 Å². The fraction of sp³-hybridized carbons (Fsp3) is 0.643. The van der Waals surface area contributed by atoms with Gasteiger partial charge < -0.3 is 5.11 Å². The van der Waals surface area contributed by atoms with E-state index in [1.807, 2.05) is 6.92 Å². The highest BCUT2D eigenvalue weighted by Gasteiger charge is 2.39. The molecule has 1 aliphatic carbocycles. The number of aliphatic carboxylic acids is 1. The van der Waals surface area contributed by atoms with Crippen molar-refractivity contribution in [2.24, 2.45) is 5.41 Å². The Balaban J connectivity index is 2.13. The van der Waals surface area contributed by atoms with Crippen molar-refractivity contribution in [2.45, 2.75) is 49.7 Å². The molecular weight excluding hydrogens is 310 g/mol. The van der Waals surface area contributed by atoms with Crippen LogP contribution in [0.1, 0.15) is 43.4 Å². The van der Waals surface area contributed by atoms with E-state index >= 15 is 0 Å². The number of thiophene rings is 1. The van der Waals surface area contributed by atoms with E-state index in [2.05, 4.69) is 4.72 Å². The molecule has 5 nitrogen and oxygen atoms in total. The van der Waals surface area contributed by atoms with E-state index < -0.39 is 21.4 Å². The molecule has 1 aromatic rings. The summed E-state index contributed by atoms with van der Waals surface area (Å²) in [6.45, 7) is 1.81.